The van der Waals surface area contributed by atoms with Gasteiger partial charge in [-0.25, -0.2) is 0 Å². The summed E-state index contributed by atoms with van der Waals surface area (Å²) in [5.41, 5.74) is 0. The van der Waals surface area contributed by atoms with Crippen molar-refractivity contribution >= 4 is 0 Å². The second-order valence-corrected chi connectivity index (χ2v) is 0.0745. The van der Waals surface area contributed by atoms with Crippen LogP contribution < -0.4 is 51.4 Å². The molecule has 0 rings (SSSR count). The van der Waals surface area contributed by atoms with E-state index in [0.717, 1.165) is 5.34 Å². The van der Waals surface area contributed by atoms with E-state index >= 15 is 0 Å². The zero-order valence-corrected chi connectivity index (χ0v) is 5.39. The first kappa shape index (κ1) is 8.90. The molecule has 0 aliphatic heterocycles. The van der Waals surface area contributed by atoms with E-state index in [1.54, 1.807) is 0 Å². The third kappa shape index (κ3) is 11.7. The van der Waals surface area contributed by atoms with Crippen molar-refractivity contribution in [2.75, 3.05) is 0 Å². The second-order valence-electron chi connectivity index (χ2n) is 0.0745. The molecule has 0 aromatic carbocycles. The van der Waals surface area contributed by atoms with Gasteiger partial charge in [-0.05, 0) is 0 Å². The maximum Gasteiger partial charge on any atom is 1.00 e. The first-order valence-electron chi connectivity index (χ1n) is 0.365. The molecule has 0 N–H and O–H groups in total. The maximum absolute atomic E-state index is 8.00. The van der Waals surface area contributed by atoms with Crippen LogP contribution in [0.15, 0.2) is 5.34 Å². The number of rotatable bonds is 0. The van der Waals surface area contributed by atoms with Crippen LogP contribution in [0.2, 0.25) is 0 Å². The van der Waals surface area contributed by atoms with Gasteiger partial charge in [-0.2, -0.15) is 0 Å². The third-order valence-electron chi connectivity index (χ3n) is 0. The van der Waals surface area contributed by atoms with Crippen LogP contribution in [0.3, 0.4) is 0 Å². The van der Waals surface area contributed by atoms with Gasteiger partial charge in [0, 0.05) is 0 Å². The average Bonchev–Trinajstić information content (AvgIpc) is 0.918. The van der Waals surface area contributed by atoms with E-state index < -0.39 is 0 Å². The van der Waals surface area contributed by atoms with Crippen LogP contribution in [0.5, 0.6) is 0 Å². The Morgan fingerprint density at radius 3 is 1.75 bits per heavy atom. The van der Waals surface area contributed by atoms with Gasteiger partial charge in [0.25, 0.3) is 0 Å². The molecule has 3 nitrogen and oxygen atoms in total. The molecule has 0 saturated carbocycles. The molecular weight excluding hydrogens is 86.1 g/mol. The Hall–Kier alpha value is 1.04. The molecule has 0 aliphatic rings. The van der Waals surface area contributed by atoms with E-state index in [2.05, 4.69) is 0 Å². The van der Waals surface area contributed by atoms with Gasteiger partial charge in [-0.1, -0.05) is 0 Å². The Morgan fingerprint density at radius 2 is 1.75 bits per heavy atom. The summed E-state index contributed by atoms with van der Waals surface area (Å²) < 4.78 is 0. The largest absolute Gasteiger partial charge is 1.00 e. The Balaban J connectivity index is 0. The molecule has 4 heavy (non-hydrogen) atoms. The summed E-state index contributed by atoms with van der Waals surface area (Å²) in [5, 5.41) is 9.00. The van der Waals surface area contributed by atoms with Gasteiger partial charge < -0.3 is 10.1 Å². The van der Waals surface area contributed by atoms with Crippen LogP contribution in [0.4, 0.5) is 0 Å². The summed E-state index contributed by atoms with van der Waals surface area (Å²) in [6.45, 7) is 0. The topological polar surface area (TPSA) is 52.5 Å². The van der Waals surface area contributed by atoms with Crippen molar-refractivity contribution in [1.82, 2.24) is 0 Å². The quantitative estimate of drug-likeness (QED) is 0.139. The molecule has 0 aromatic rings. The molecule has 0 spiro atoms. The summed E-state index contributed by atoms with van der Waals surface area (Å²) in [7, 11) is 0. The van der Waals surface area contributed by atoms with Crippen molar-refractivity contribution < 1.29 is 51.4 Å². The molecule has 0 radical (unpaired) electrons. The van der Waals surface area contributed by atoms with Crippen molar-refractivity contribution in [1.29, 1.82) is 0 Å². The van der Waals surface area contributed by atoms with Gasteiger partial charge >= 0.3 is 51.4 Å². The van der Waals surface area contributed by atoms with Gasteiger partial charge in [-0.15, -0.1) is 5.34 Å². The van der Waals surface area contributed by atoms with E-state index in [1.165, 1.54) is 0 Å². The fraction of sp³-hybridized carbons (Fsp3) is 0. The van der Waals surface area contributed by atoms with Gasteiger partial charge in [0.15, 0.2) is 0 Å². The van der Waals surface area contributed by atoms with Crippen LogP contribution in [-0.4, -0.2) is 0 Å². The fourth-order valence-corrected chi connectivity index (χ4v) is 0. The number of hydrogen-bond acceptors (Lipinski definition) is 3. The molecule has 0 fully saturated rings. The van der Waals surface area contributed by atoms with Crippen molar-refractivity contribution in [3.63, 3.8) is 0 Å². The summed E-state index contributed by atoms with van der Waals surface area (Å²) >= 11 is 0. The number of nitrogens with zero attached hydrogens (tertiary/aromatic N) is 1. The minimum absolute atomic E-state index is 0. The van der Waals surface area contributed by atoms with Gasteiger partial charge in [0.2, 0.25) is 0 Å². The van der Waals surface area contributed by atoms with E-state index in [4.69, 9.17) is 10.1 Å². The van der Waals surface area contributed by atoms with Crippen LogP contribution in [0.25, 0.3) is 0 Å². The second kappa shape index (κ2) is 8.97. The van der Waals surface area contributed by atoms with Crippen molar-refractivity contribution in [3.05, 3.63) is 10.1 Å². The predicted molar refractivity (Wildman–Crippen MR) is 9.16 cm³/mol. The molecule has 0 heterocycles. The van der Waals surface area contributed by atoms with Crippen LogP contribution in [0, 0.1) is 10.1 Å². The van der Waals surface area contributed by atoms with Crippen LogP contribution >= 0.6 is 0 Å². The minimum Gasteiger partial charge on any atom is -0.444 e. The molecule has 0 atom stereocenters. The maximum atomic E-state index is 8.00. The molecule has 0 amide bonds. The van der Waals surface area contributed by atoms with E-state index in [1.807, 2.05) is 0 Å². The molecule has 0 aliphatic carbocycles. The standard InChI is InChI=1S/K.HNO2/c;2-1-3/h;(H,2,3)/q+1;/p-1/i;1+1. The van der Waals surface area contributed by atoms with E-state index in [-0.39, 0.29) is 51.4 Å². The molecular formula is KNO2. The van der Waals surface area contributed by atoms with Crippen molar-refractivity contribution in [3.8, 4) is 0 Å². The molecule has 0 bridgehead atoms. The Kier molecular flexibility index (Phi) is 20.0. The van der Waals surface area contributed by atoms with Gasteiger partial charge in [0.05, 0.1) is 0 Å². The molecule has 4 heteroatoms. The van der Waals surface area contributed by atoms with Gasteiger partial charge in [-0.3, -0.25) is 0 Å². The minimum atomic E-state index is 0. The zero-order chi connectivity index (χ0) is 2.71. The zero-order valence-electron chi connectivity index (χ0n) is 2.26. The summed E-state index contributed by atoms with van der Waals surface area (Å²) in [5.74, 6) is 0. The Labute approximate surface area is 65.7 Å². The fourth-order valence-electron chi connectivity index (χ4n) is 0. The van der Waals surface area contributed by atoms with Crippen LogP contribution in [0.1, 0.15) is 0 Å². The summed E-state index contributed by atoms with van der Waals surface area (Å²) in [6, 6.07) is 0. The molecule has 0 saturated heterocycles. The Bertz CT molecular complexity index is 13.5. The van der Waals surface area contributed by atoms with E-state index in [0.29, 0.717) is 0 Å². The SMILES string of the molecule is O=[15N][O-].[K+]. The third-order valence-corrected chi connectivity index (χ3v) is 0. The molecule has 0 unspecified atom stereocenters. The van der Waals surface area contributed by atoms with Crippen molar-refractivity contribution in [2.24, 2.45) is 5.34 Å². The van der Waals surface area contributed by atoms with E-state index in [9.17, 15) is 0 Å². The van der Waals surface area contributed by atoms with Crippen molar-refractivity contribution in [2.45, 2.75) is 0 Å². The first-order chi connectivity index (χ1) is 1.41. The van der Waals surface area contributed by atoms with Crippen LogP contribution in [-0.2, 0) is 0 Å². The molecule has 18 valence electrons. The first-order valence-corrected chi connectivity index (χ1v) is 0.365. The average molecular weight is 86.1 g/mol. The monoisotopic (exact) mass is 86.0 g/mol. The smallest absolute Gasteiger partial charge is 0.444 e. The normalized spacial score (nSPS) is 3.00. The predicted octanol–water partition coefficient (Wildman–Crippen LogP) is -2.75. The van der Waals surface area contributed by atoms with Gasteiger partial charge in [0.1, 0.15) is 0 Å². The molecule has 0 aromatic heterocycles. The number of hydrogen-bond donors (Lipinski definition) is 0. The summed E-state index contributed by atoms with van der Waals surface area (Å²) in [6.07, 6.45) is 0. The Morgan fingerprint density at radius 1 is 1.75 bits per heavy atom. The summed E-state index contributed by atoms with van der Waals surface area (Å²) in [4.78, 5) is 8.00.